The van der Waals surface area contributed by atoms with Crippen LogP contribution in [0.4, 0.5) is 16.4 Å². The molecule has 1 saturated heterocycles. The van der Waals surface area contributed by atoms with Crippen LogP contribution in [0.1, 0.15) is 58.2 Å². The van der Waals surface area contributed by atoms with Gasteiger partial charge in [0.25, 0.3) is 5.91 Å². The molecular weight excluding hydrogens is 741 g/mol. The third-order valence-electron chi connectivity index (χ3n) is 10.9. The minimum Gasteiger partial charge on any atom is -0.392 e. The number of aliphatic hydroxyl groups excluding tert-OH is 3. The third kappa shape index (κ3) is 8.32. The predicted octanol–water partition coefficient (Wildman–Crippen LogP) is 2.37. The SMILES string of the molecule is O=C(NCCNC(=O)c1nc(NCC(c2ccccc2)c2ccccc2)c2ncn([C@@H]3C[C@H](n4cc(CO)cn4)[C@@H](O)[C@H]3O)c2n1)N[C@H]1CCN(c2ccccn2)C1. The van der Waals surface area contributed by atoms with E-state index in [1.807, 2.05) is 54.6 Å². The number of aliphatic hydroxyl groups is 3. The summed E-state index contributed by atoms with van der Waals surface area (Å²) in [5.74, 6) is 0.418. The number of benzene rings is 2. The summed E-state index contributed by atoms with van der Waals surface area (Å²) in [6.45, 7) is 1.91. The zero-order chi connectivity index (χ0) is 40.0. The van der Waals surface area contributed by atoms with Gasteiger partial charge < -0.3 is 46.1 Å². The molecule has 1 saturated carbocycles. The van der Waals surface area contributed by atoms with Crippen molar-refractivity contribution in [2.75, 3.05) is 42.9 Å². The second-order valence-electron chi connectivity index (χ2n) is 14.6. The molecule has 3 amide bonds. The topological polar surface area (TPSA) is 220 Å². The number of carbonyl (C=O) groups is 2. The number of carbonyl (C=O) groups excluding carboxylic acids is 2. The number of hydrogen-bond acceptors (Lipinski definition) is 12. The van der Waals surface area contributed by atoms with E-state index in [4.69, 9.17) is 0 Å². The Morgan fingerprint density at radius 1 is 0.862 bits per heavy atom. The zero-order valence-electron chi connectivity index (χ0n) is 31.7. The molecule has 17 nitrogen and oxygen atoms in total. The fraction of sp³-hybridized carbons (Fsp3) is 0.341. The molecule has 0 spiro atoms. The maximum Gasteiger partial charge on any atom is 0.315 e. The number of nitrogens with one attached hydrogen (secondary N) is 4. The van der Waals surface area contributed by atoms with Crippen molar-refractivity contribution in [2.24, 2.45) is 0 Å². The van der Waals surface area contributed by atoms with Crippen molar-refractivity contribution < 1.29 is 24.9 Å². The van der Waals surface area contributed by atoms with Crippen molar-refractivity contribution in [1.29, 1.82) is 0 Å². The summed E-state index contributed by atoms with van der Waals surface area (Å²) in [4.78, 5) is 46.9. The monoisotopic (exact) mass is 786 g/mol. The van der Waals surface area contributed by atoms with E-state index in [-0.39, 0.29) is 49.9 Å². The Morgan fingerprint density at radius 2 is 1.59 bits per heavy atom. The van der Waals surface area contributed by atoms with Gasteiger partial charge in [0.2, 0.25) is 5.82 Å². The van der Waals surface area contributed by atoms with Crippen LogP contribution in [0, 0.1) is 0 Å². The number of nitrogens with zero attached hydrogens (tertiary/aromatic N) is 8. The number of anilines is 2. The van der Waals surface area contributed by atoms with Crippen LogP contribution in [-0.2, 0) is 6.61 Å². The largest absolute Gasteiger partial charge is 0.392 e. The van der Waals surface area contributed by atoms with Crippen LogP contribution < -0.4 is 26.2 Å². The van der Waals surface area contributed by atoms with Crippen molar-refractivity contribution in [3.05, 3.63) is 126 Å². The number of pyridine rings is 1. The highest BCUT2D eigenvalue weighted by molar-refractivity contribution is 5.94. The van der Waals surface area contributed by atoms with Gasteiger partial charge in [0.15, 0.2) is 11.5 Å². The second-order valence-corrected chi connectivity index (χ2v) is 14.6. The highest BCUT2D eigenvalue weighted by atomic mass is 16.3. The van der Waals surface area contributed by atoms with Gasteiger partial charge in [0, 0.05) is 62.6 Å². The minimum absolute atomic E-state index is 0.0387. The summed E-state index contributed by atoms with van der Waals surface area (Å²) in [6.07, 6.45) is 5.11. The van der Waals surface area contributed by atoms with Crippen molar-refractivity contribution in [3.63, 3.8) is 0 Å². The van der Waals surface area contributed by atoms with Crippen LogP contribution in [0.5, 0.6) is 0 Å². The smallest absolute Gasteiger partial charge is 0.315 e. The Morgan fingerprint density at radius 3 is 2.29 bits per heavy atom. The van der Waals surface area contributed by atoms with E-state index in [1.165, 1.54) is 12.5 Å². The average Bonchev–Trinajstić information content (AvgIpc) is 4.08. The lowest BCUT2D eigenvalue weighted by molar-refractivity contribution is 0.00720. The van der Waals surface area contributed by atoms with Gasteiger partial charge in [0.1, 0.15) is 23.5 Å². The van der Waals surface area contributed by atoms with E-state index in [1.54, 1.807) is 21.6 Å². The lowest BCUT2D eigenvalue weighted by Crippen LogP contribution is -2.45. The number of aromatic nitrogens is 7. The molecule has 0 radical (unpaired) electrons. The van der Waals surface area contributed by atoms with Crippen LogP contribution in [0.2, 0.25) is 0 Å². The normalized spacial score (nSPS) is 20.4. The first-order chi connectivity index (χ1) is 28.4. The van der Waals surface area contributed by atoms with Gasteiger partial charge in [-0.1, -0.05) is 66.7 Å². The maximum absolute atomic E-state index is 13.7. The molecule has 0 bridgehead atoms. The number of amides is 3. The summed E-state index contributed by atoms with van der Waals surface area (Å²) < 4.78 is 3.21. The van der Waals surface area contributed by atoms with Crippen LogP contribution >= 0.6 is 0 Å². The van der Waals surface area contributed by atoms with E-state index < -0.39 is 30.2 Å². The molecule has 1 aliphatic heterocycles. The molecule has 1 aliphatic carbocycles. The van der Waals surface area contributed by atoms with Crippen molar-refractivity contribution in [3.8, 4) is 0 Å². The average molecular weight is 787 g/mol. The zero-order valence-corrected chi connectivity index (χ0v) is 31.7. The van der Waals surface area contributed by atoms with Crippen LogP contribution in [0.15, 0.2) is 104 Å². The Hall–Kier alpha value is -6.43. The highest BCUT2D eigenvalue weighted by Gasteiger charge is 2.44. The molecule has 2 aliphatic rings. The van der Waals surface area contributed by atoms with Crippen LogP contribution in [0.3, 0.4) is 0 Å². The first-order valence-corrected chi connectivity index (χ1v) is 19.4. The quantitative estimate of drug-likeness (QED) is 0.0792. The fourth-order valence-corrected chi connectivity index (χ4v) is 7.84. The van der Waals surface area contributed by atoms with Gasteiger partial charge in [-0.05, 0) is 36.1 Å². The van der Waals surface area contributed by atoms with Gasteiger partial charge in [-0.15, -0.1) is 0 Å². The molecule has 2 fully saturated rings. The standard InChI is InChI=1S/C41H46N12O5/c54-24-26-20-47-53(22-26)32-19-31(35(55)36(32)56)52-25-46-34-37(45-21-30(27-9-3-1-4-10-27)28-11-5-2-6-12-28)49-38(50-39(34)52)40(57)43-16-17-44-41(58)48-29-14-18-51(23-29)33-13-7-8-15-42-33/h1-13,15,20,22,25,29-32,35-36,54-56H,14,16-19,21,23-24H2,(H,43,57)(H2,44,48,58)(H,45,49,50)/t29-,31+,32-,35-,36+/m0/s1. The van der Waals surface area contributed by atoms with Crippen LogP contribution in [0.25, 0.3) is 11.2 Å². The van der Waals surface area contributed by atoms with Crippen molar-refractivity contribution in [2.45, 2.75) is 55.7 Å². The molecule has 6 aromatic rings. The second kappa shape index (κ2) is 17.4. The number of rotatable bonds is 14. The lowest BCUT2D eigenvalue weighted by atomic mass is 9.91. The van der Waals surface area contributed by atoms with E-state index >= 15 is 0 Å². The van der Waals surface area contributed by atoms with E-state index in [9.17, 15) is 24.9 Å². The summed E-state index contributed by atoms with van der Waals surface area (Å²) in [7, 11) is 0. The fourth-order valence-electron chi connectivity index (χ4n) is 7.84. The Kier molecular flexibility index (Phi) is 11.5. The molecule has 300 valence electrons. The molecule has 0 unspecified atom stereocenters. The summed E-state index contributed by atoms with van der Waals surface area (Å²) in [5.41, 5.74) is 3.43. The maximum atomic E-state index is 13.7. The summed E-state index contributed by atoms with van der Waals surface area (Å²) in [5, 5.41) is 48.4. The number of imidazole rings is 1. The predicted molar refractivity (Wildman–Crippen MR) is 215 cm³/mol. The Bertz CT molecular complexity index is 2270. The molecule has 4 aromatic heterocycles. The van der Waals surface area contributed by atoms with Gasteiger partial charge in [0.05, 0.1) is 31.2 Å². The molecule has 58 heavy (non-hydrogen) atoms. The molecule has 2 aromatic carbocycles. The van der Waals surface area contributed by atoms with Crippen molar-refractivity contribution in [1.82, 2.24) is 50.2 Å². The number of hydrogen-bond donors (Lipinski definition) is 7. The highest BCUT2D eigenvalue weighted by Crippen LogP contribution is 2.40. The minimum atomic E-state index is -1.21. The molecule has 8 rings (SSSR count). The van der Waals surface area contributed by atoms with Crippen LogP contribution in [-0.4, -0.2) is 113 Å². The van der Waals surface area contributed by atoms with Gasteiger partial charge in [-0.25, -0.2) is 24.7 Å². The Balaban J connectivity index is 0.995. The van der Waals surface area contributed by atoms with E-state index in [2.05, 4.69) is 75.5 Å². The third-order valence-corrected chi connectivity index (χ3v) is 10.9. The van der Waals surface area contributed by atoms with Gasteiger partial charge in [-0.2, -0.15) is 5.10 Å². The van der Waals surface area contributed by atoms with Gasteiger partial charge >= 0.3 is 6.03 Å². The van der Waals surface area contributed by atoms with E-state index in [0.29, 0.717) is 35.6 Å². The first-order valence-electron chi connectivity index (χ1n) is 19.4. The molecule has 7 N–H and O–H groups in total. The van der Waals surface area contributed by atoms with E-state index in [0.717, 1.165) is 29.9 Å². The molecule has 5 heterocycles. The van der Waals surface area contributed by atoms with Crippen molar-refractivity contribution >= 4 is 34.7 Å². The summed E-state index contributed by atoms with van der Waals surface area (Å²) >= 11 is 0. The lowest BCUT2D eigenvalue weighted by Gasteiger charge is -2.20. The molecular formula is C41H46N12O5. The first kappa shape index (κ1) is 38.4. The Labute approximate surface area is 334 Å². The molecule has 5 atom stereocenters. The van der Waals surface area contributed by atoms with Gasteiger partial charge in [-0.3, -0.25) is 9.48 Å². The number of fused-ring (bicyclic) bond motifs is 1. The number of urea groups is 1. The summed E-state index contributed by atoms with van der Waals surface area (Å²) in [6, 6.07) is 24.3. The molecule has 17 heteroatoms.